The van der Waals surface area contributed by atoms with Crippen molar-refractivity contribution in [1.82, 2.24) is 4.98 Å². The van der Waals surface area contributed by atoms with Crippen molar-refractivity contribution in [3.05, 3.63) is 36.0 Å². The van der Waals surface area contributed by atoms with E-state index >= 15 is 0 Å². The highest BCUT2D eigenvalue weighted by molar-refractivity contribution is 5.24. The first-order valence-corrected chi connectivity index (χ1v) is 11.1. The Bertz CT molecular complexity index is 388. The van der Waals surface area contributed by atoms with Crippen LogP contribution in [-0.4, -0.2) is 4.98 Å². The maximum atomic E-state index is 4.89. The van der Waals surface area contributed by atoms with E-state index in [-0.39, 0.29) is 0 Å². The standard InChI is InChI=1S/C24H42N/c1-4-6-8-10-12-14-16-18-23-20-22(3)21-24(25-23)19-17-15-13-11-9-7-5-2/h20-21H,3-19H2,1-2H3. The Labute approximate surface area is 158 Å². The number of hydrogen-bond donors (Lipinski definition) is 0. The van der Waals surface area contributed by atoms with E-state index in [4.69, 9.17) is 4.98 Å². The van der Waals surface area contributed by atoms with E-state index in [1.165, 1.54) is 101 Å². The first-order valence-electron chi connectivity index (χ1n) is 11.1. The minimum absolute atomic E-state index is 1.13. The molecular formula is C24H42N. The molecule has 0 atom stereocenters. The molecule has 1 heteroatoms. The van der Waals surface area contributed by atoms with E-state index in [0.717, 1.165) is 18.4 Å². The van der Waals surface area contributed by atoms with Gasteiger partial charge in [-0.25, -0.2) is 0 Å². The summed E-state index contributed by atoms with van der Waals surface area (Å²) in [6.45, 7) is 8.72. The second-order valence-corrected chi connectivity index (χ2v) is 7.70. The van der Waals surface area contributed by atoms with Crippen LogP contribution in [0.1, 0.15) is 121 Å². The molecule has 1 aromatic heterocycles. The van der Waals surface area contributed by atoms with Gasteiger partial charge in [0.05, 0.1) is 0 Å². The van der Waals surface area contributed by atoms with E-state index in [0.29, 0.717) is 0 Å². The molecule has 0 spiro atoms. The van der Waals surface area contributed by atoms with Gasteiger partial charge in [-0.2, -0.15) is 0 Å². The molecule has 0 saturated carbocycles. The van der Waals surface area contributed by atoms with Gasteiger partial charge in [0.2, 0.25) is 0 Å². The van der Waals surface area contributed by atoms with E-state index < -0.39 is 0 Å². The van der Waals surface area contributed by atoms with Crippen molar-refractivity contribution in [3.8, 4) is 0 Å². The van der Waals surface area contributed by atoms with Crippen LogP contribution >= 0.6 is 0 Å². The lowest BCUT2D eigenvalue weighted by Gasteiger charge is -2.07. The molecule has 0 aromatic carbocycles. The van der Waals surface area contributed by atoms with E-state index in [9.17, 15) is 0 Å². The highest BCUT2D eigenvalue weighted by Gasteiger charge is 2.02. The van der Waals surface area contributed by atoms with Crippen molar-refractivity contribution in [1.29, 1.82) is 0 Å². The molecule has 0 aliphatic rings. The molecule has 25 heavy (non-hydrogen) atoms. The van der Waals surface area contributed by atoms with Crippen LogP contribution in [0.4, 0.5) is 0 Å². The summed E-state index contributed by atoms with van der Waals surface area (Å²) in [6, 6.07) is 4.37. The number of aromatic nitrogens is 1. The van der Waals surface area contributed by atoms with Crippen molar-refractivity contribution in [2.75, 3.05) is 0 Å². The zero-order chi connectivity index (χ0) is 18.2. The Morgan fingerprint density at radius 3 is 1.36 bits per heavy atom. The first-order chi connectivity index (χ1) is 12.3. The van der Waals surface area contributed by atoms with Crippen molar-refractivity contribution in [3.63, 3.8) is 0 Å². The van der Waals surface area contributed by atoms with Gasteiger partial charge in [0.1, 0.15) is 0 Å². The maximum Gasteiger partial charge on any atom is 0.0409 e. The quantitative estimate of drug-likeness (QED) is 0.278. The van der Waals surface area contributed by atoms with E-state index in [1.54, 1.807) is 0 Å². The summed E-state index contributed by atoms with van der Waals surface area (Å²) in [5.74, 6) is 0. The fourth-order valence-corrected chi connectivity index (χ4v) is 3.50. The van der Waals surface area contributed by atoms with Crippen molar-refractivity contribution in [2.45, 2.75) is 117 Å². The predicted octanol–water partition coefficient (Wildman–Crippen LogP) is 7.85. The summed E-state index contributed by atoms with van der Waals surface area (Å²) >= 11 is 0. The van der Waals surface area contributed by atoms with Crippen LogP contribution in [0.2, 0.25) is 0 Å². The maximum absolute atomic E-state index is 4.89. The summed E-state index contributed by atoms with van der Waals surface area (Å²) in [7, 11) is 0. The monoisotopic (exact) mass is 344 g/mol. The highest BCUT2D eigenvalue weighted by Crippen LogP contribution is 2.14. The lowest BCUT2D eigenvalue weighted by molar-refractivity contribution is 0.582. The van der Waals surface area contributed by atoms with Crippen LogP contribution in [-0.2, 0) is 12.8 Å². The second-order valence-electron chi connectivity index (χ2n) is 7.70. The van der Waals surface area contributed by atoms with Crippen LogP contribution in [0, 0.1) is 6.92 Å². The lowest BCUT2D eigenvalue weighted by atomic mass is 10.0. The average molecular weight is 345 g/mol. The molecule has 1 heterocycles. The highest BCUT2D eigenvalue weighted by atomic mass is 14.7. The minimum Gasteiger partial charge on any atom is -0.258 e. The van der Waals surface area contributed by atoms with Crippen LogP contribution in [0.15, 0.2) is 12.1 Å². The van der Waals surface area contributed by atoms with Gasteiger partial charge in [0.25, 0.3) is 0 Å². The Balaban J connectivity index is 2.19. The lowest BCUT2D eigenvalue weighted by Crippen LogP contribution is -1.98. The number of rotatable bonds is 16. The fourth-order valence-electron chi connectivity index (χ4n) is 3.50. The molecule has 0 aliphatic carbocycles. The van der Waals surface area contributed by atoms with Crippen molar-refractivity contribution >= 4 is 0 Å². The molecule has 0 bridgehead atoms. The van der Waals surface area contributed by atoms with Gasteiger partial charge < -0.3 is 0 Å². The largest absolute Gasteiger partial charge is 0.258 e. The van der Waals surface area contributed by atoms with Gasteiger partial charge in [-0.3, -0.25) is 4.98 Å². The molecule has 0 fully saturated rings. The van der Waals surface area contributed by atoms with Gasteiger partial charge in [0, 0.05) is 11.4 Å². The SMILES string of the molecule is [CH2]c1cc(CCCCCCCCC)nc(CCCCCCCCC)c1. The number of aryl methyl sites for hydroxylation is 2. The Morgan fingerprint density at radius 2 is 0.960 bits per heavy atom. The normalized spacial score (nSPS) is 11.2. The first kappa shape index (κ1) is 22.2. The van der Waals surface area contributed by atoms with E-state index in [1.807, 2.05) is 0 Å². The van der Waals surface area contributed by atoms with E-state index in [2.05, 4.69) is 32.9 Å². The molecule has 1 nitrogen and oxygen atoms in total. The molecule has 0 N–H and O–H groups in total. The topological polar surface area (TPSA) is 12.9 Å². The summed E-state index contributed by atoms with van der Waals surface area (Å²) < 4.78 is 0. The number of nitrogens with zero attached hydrogens (tertiary/aromatic N) is 1. The third-order valence-electron chi connectivity index (χ3n) is 5.06. The zero-order valence-electron chi connectivity index (χ0n) is 17.1. The van der Waals surface area contributed by atoms with Gasteiger partial charge in [-0.15, -0.1) is 0 Å². The van der Waals surface area contributed by atoms with Crippen LogP contribution in [0.5, 0.6) is 0 Å². The van der Waals surface area contributed by atoms with Gasteiger partial charge in [-0.1, -0.05) is 90.9 Å². The third kappa shape index (κ3) is 12.2. The second kappa shape index (κ2) is 15.4. The molecule has 143 valence electrons. The Hall–Kier alpha value is -0.850. The van der Waals surface area contributed by atoms with Gasteiger partial charge in [-0.05, 0) is 50.3 Å². The summed E-state index contributed by atoms with van der Waals surface area (Å²) in [6.07, 6.45) is 21.4. The molecule has 1 radical (unpaired) electrons. The predicted molar refractivity (Wildman–Crippen MR) is 112 cm³/mol. The molecule has 1 aromatic rings. The van der Waals surface area contributed by atoms with Gasteiger partial charge >= 0.3 is 0 Å². The molecule has 0 aliphatic heterocycles. The van der Waals surface area contributed by atoms with Crippen molar-refractivity contribution in [2.24, 2.45) is 0 Å². The third-order valence-corrected chi connectivity index (χ3v) is 5.06. The summed E-state index contributed by atoms with van der Waals surface area (Å²) in [5, 5.41) is 0. The number of pyridine rings is 1. The molecule has 0 amide bonds. The van der Waals surface area contributed by atoms with Crippen LogP contribution in [0.25, 0.3) is 0 Å². The molecular weight excluding hydrogens is 302 g/mol. The average Bonchev–Trinajstić information content (AvgIpc) is 2.60. The van der Waals surface area contributed by atoms with Crippen LogP contribution < -0.4 is 0 Å². The number of hydrogen-bond acceptors (Lipinski definition) is 1. The van der Waals surface area contributed by atoms with Gasteiger partial charge in [0.15, 0.2) is 0 Å². The fraction of sp³-hybridized carbons (Fsp3) is 0.750. The smallest absolute Gasteiger partial charge is 0.0409 e. The zero-order valence-corrected chi connectivity index (χ0v) is 17.1. The molecule has 1 rings (SSSR count). The summed E-state index contributed by atoms with van der Waals surface area (Å²) in [4.78, 5) is 4.89. The molecule has 0 unspecified atom stereocenters. The summed E-state index contributed by atoms with van der Waals surface area (Å²) in [5.41, 5.74) is 3.67. The van der Waals surface area contributed by atoms with Crippen LogP contribution in [0.3, 0.4) is 0 Å². The number of unbranched alkanes of at least 4 members (excludes halogenated alkanes) is 12. The Morgan fingerprint density at radius 1 is 0.600 bits per heavy atom. The Kier molecular flexibility index (Phi) is 13.7. The van der Waals surface area contributed by atoms with Crippen molar-refractivity contribution < 1.29 is 0 Å². The molecule has 0 saturated heterocycles. The minimum atomic E-state index is 1.13.